The lowest BCUT2D eigenvalue weighted by Gasteiger charge is -2.16. The first-order valence-corrected chi connectivity index (χ1v) is 11.4. The fraction of sp³-hybridized carbons (Fsp3) is 0.235. The van der Waals surface area contributed by atoms with E-state index < -0.39 is 31.9 Å². The van der Waals surface area contributed by atoms with Crippen molar-refractivity contribution >= 4 is 48.9 Å². The van der Waals surface area contributed by atoms with Crippen LogP contribution >= 0.6 is 11.6 Å². The van der Waals surface area contributed by atoms with E-state index in [1.807, 2.05) is 0 Å². The van der Waals surface area contributed by atoms with Crippen LogP contribution < -0.4 is 9.03 Å². The van der Waals surface area contributed by atoms with Gasteiger partial charge in [-0.1, -0.05) is 18.5 Å². The molecule has 1 heterocycles. The zero-order chi connectivity index (χ0) is 20.0. The van der Waals surface area contributed by atoms with Gasteiger partial charge in [0.25, 0.3) is 10.0 Å². The molecule has 1 N–H and O–H groups in total. The number of hydrogen-bond donors (Lipinski definition) is 1. The molecule has 0 radical (unpaired) electrons. The Morgan fingerprint density at radius 1 is 1.15 bits per heavy atom. The molecular formula is C17H17ClN2O5S2. The second-order valence-corrected chi connectivity index (χ2v) is 10.3. The molecule has 0 unspecified atom stereocenters. The van der Waals surface area contributed by atoms with Gasteiger partial charge in [0.1, 0.15) is 0 Å². The van der Waals surface area contributed by atoms with Crippen LogP contribution in [-0.4, -0.2) is 28.5 Å². The third-order valence-corrected chi connectivity index (χ3v) is 7.66. The molecule has 0 aromatic heterocycles. The summed E-state index contributed by atoms with van der Waals surface area (Å²) in [6.07, 6.45) is 0. The number of halogens is 1. The standard InChI is InChI=1S/C17H17ClN2O5S2/c1-11-9-13(18)3-8-16(11)19-27(24,25)15-6-4-14(5-7-15)20-17(21)12(2)10-26(20,22)23/h3-9,12,19H,10H2,1-2H3/t12-/m1/s1. The third-order valence-electron chi connectivity index (χ3n) is 4.17. The van der Waals surface area contributed by atoms with Gasteiger partial charge >= 0.3 is 0 Å². The van der Waals surface area contributed by atoms with E-state index in [9.17, 15) is 21.6 Å². The molecule has 10 heteroatoms. The van der Waals surface area contributed by atoms with E-state index in [1.165, 1.54) is 31.2 Å². The molecule has 1 aliphatic rings. The highest BCUT2D eigenvalue weighted by atomic mass is 35.5. The third kappa shape index (κ3) is 3.80. The second kappa shape index (κ2) is 6.81. The Morgan fingerprint density at radius 3 is 2.30 bits per heavy atom. The van der Waals surface area contributed by atoms with E-state index >= 15 is 0 Å². The van der Waals surface area contributed by atoms with Crippen molar-refractivity contribution in [2.75, 3.05) is 14.8 Å². The average molecular weight is 429 g/mol. The number of benzene rings is 2. The lowest BCUT2D eigenvalue weighted by molar-refractivity contribution is -0.119. The van der Waals surface area contributed by atoms with Crippen LogP contribution in [0.2, 0.25) is 5.02 Å². The first-order valence-electron chi connectivity index (χ1n) is 7.97. The van der Waals surface area contributed by atoms with Gasteiger partial charge in [0.15, 0.2) is 0 Å². The molecule has 1 aliphatic heterocycles. The molecule has 1 amide bonds. The van der Waals surface area contributed by atoms with E-state index in [2.05, 4.69) is 4.72 Å². The van der Waals surface area contributed by atoms with Crippen molar-refractivity contribution in [2.45, 2.75) is 18.7 Å². The minimum Gasteiger partial charge on any atom is -0.279 e. The topological polar surface area (TPSA) is 101 Å². The first-order chi connectivity index (χ1) is 12.5. The number of carbonyl (C=O) groups excluding carboxylic acids is 1. The Labute approximate surface area is 163 Å². The Bertz CT molecular complexity index is 1110. The van der Waals surface area contributed by atoms with E-state index in [0.717, 1.165) is 4.31 Å². The maximum absolute atomic E-state index is 12.6. The Balaban J connectivity index is 1.89. The van der Waals surface area contributed by atoms with Gasteiger partial charge in [-0.3, -0.25) is 9.52 Å². The summed E-state index contributed by atoms with van der Waals surface area (Å²) in [4.78, 5) is 12.1. The normalized spacial score (nSPS) is 19.3. The van der Waals surface area contributed by atoms with E-state index in [-0.39, 0.29) is 16.3 Å². The summed E-state index contributed by atoms with van der Waals surface area (Å²) < 4.78 is 52.6. The number of anilines is 2. The number of nitrogens with one attached hydrogen (secondary N) is 1. The zero-order valence-corrected chi connectivity index (χ0v) is 16.9. The molecule has 27 heavy (non-hydrogen) atoms. The first kappa shape index (κ1) is 19.7. The molecule has 1 fully saturated rings. The molecule has 144 valence electrons. The molecule has 7 nitrogen and oxygen atoms in total. The predicted octanol–water partition coefficient (Wildman–Crippen LogP) is 2.76. The van der Waals surface area contributed by atoms with Crippen LogP contribution in [0.25, 0.3) is 0 Å². The van der Waals surface area contributed by atoms with Crippen molar-refractivity contribution in [3.8, 4) is 0 Å². The quantitative estimate of drug-likeness (QED) is 0.806. The minimum atomic E-state index is -3.89. The lowest BCUT2D eigenvalue weighted by Crippen LogP contribution is -2.30. The average Bonchev–Trinajstić information content (AvgIpc) is 2.78. The zero-order valence-electron chi connectivity index (χ0n) is 14.5. The van der Waals surface area contributed by atoms with Crippen LogP contribution in [0, 0.1) is 12.8 Å². The summed E-state index contributed by atoms with van der Waals surface area (Å²) in [6, 6.07) is 9.88. The van der Waals surface area contributed by atoms with Crippen LogP contribution in [0.15, 0.2) is 47.4 Å². The summed E-state index contributed by atoms with van der Waals surface area (Å²) in [5.74, 6) is -1.42. The molecule has 2 aromatic carbocycles. The van der Waals surface area contributed by atoms with Gasteiger partial charge in [-0.2, -0.15) is 0 Å². The van der Waals surface area contributed by atoms with Gasteiger partial charge in [-0.15, -0.1) is 0 Å². The fourth-order valence-electron chi connectivity index (χ4n) is 2.79. The highest BCUT2D eigenvalue weighted by Crippen LogP contribution is 2.29. The molecule has 0 spiro atoms. The van der Waals surface area contributed by atoms with Crippen molar-refractivity contribution < 1.29 is 21.6 Å². The van der Waals surface area contributed by atoms with Crippen molar-refractivity contribution in [1.82, 2.24) is 0 Å². The number of sulfonamides is 2. The van der Waals surface area contributed by atoms with Crippen molar-refractivity contribution in [2.24, 2.45) is 5.92 Å². The molecule has 2 aromatic rings. The largest absolute Gasteiger partial charge is 0.279 e. The number of aryl methyl sites for hydroxylation is 1. The second-order valence-electron chi connectivity index (χ2n) is 6.34. The number of hydrogen-bond acceptors (Lipinski definition) is 5. The van der Waals surface area contributed by atoms with Crippen molar-refractivity contribution in [1.29, 1.82) is 0 Å². The Hall–Kier alpha value is -2.10. The highest BCUT2D eigenvalue weighted by molar-refractivity contribution is 7.94. The van der Waals surface area contributed by atoms with Gasteiger partial charge in [-0.25, -0.2) is 21.1 Å². The Kier molecular flexibility index (Phi) is 4.96. The monoisotopic (exact) mass is 428 g/mol. The summed E-state index contributed by atoms with van der Waals surface area (Å²) >= 11 is 5.87. The number of rotatable bonds is 4. The number of amides is 1. The van der Waals surface area contributed by atoms with E-state index in [4.69, 9.17) is 11.6 Å². The molecule has 1 atom stereocenters. The van der Waals surface area contributed by atoms with Crippen LogP contribution in [-0.2, 0) is 24.8 Å². The Morgan fingerprint density at radius 2 is 1.78 bits per heavy atom. The smallest absolute Gasteiger partial charge is 0.261 e. The number of nitrogens with zero attached hydrogens (tertiary/aromatic N) is 1. The number of carbonyl (C=O) groups is 1. The van der Waals surface area contributed by atoms with Crippen molar-refractivity contribution in [3.63, 3.8) is 0 Å². The van der Waals surface area contributed by atoms with Crippen LogP contribution in [0.4, 0.5) is 11.4 Å². The highest BCUT2D eigenvalue weighted by Gasteiger charge is 2.41. The van der Waals surface area contributed by atoms with Gasteiger partial charge in [0, 0.05) is 5.02 Å². The maximum Gasteiger partial charge on any atom is 0.261 e. The molecule has 0 bridgehead atoms. The fourth-order valence-corrected chi connectivity index (χ4v) is 5.97. The summed E-state index contributed by atoms with van der Waals surface area (Å²) in [5.41, 5.74) is 1.16. The summed E-state index contributed by atoms with van der Waals surface area (Å²) in [6.45, 7) is 3.26. The van der Waals surface area contributed by atoms with Gasteiger partial charge < -0.3 is 0 Å². The van der Waals surface area contributed by atoms with Crippen LogP contribution in [0.3, 0.4) is 0 Å². The summed E-state index contributed by atoms with van der Waals surface area (Å²) in [5, 5.41) is 0.491. The van der Waals surface area contributed by atoms with Crippen molar-refractivity contribution in [3.05, 3.63) is 53.1 Å². The molecule has 3 rings (SSSR count). The molecule has 0 aliphatic carbocycles. The van der Waals surface area contributed by atoms with Crippen LogP contribution in [0.1, 0.15) is 12.5 Å². The molecule has 0 saturated carbocycles. The minimum absolute atomic E-state index is 0.0577. The van der Waals surface area contributed by atoms with Gasteiger partial charge in [-0.05, 0) is 55.0 Å². The van der Waals surface area contributed by atoms with Gasteiger partial charge in [0.05, 0.1) is 27.9 Å². The SMILES string of the molecule is Cc1cc(Cl)ccc1NS(=O)(=O)c1ccc(N2C(=O)[C@H](C)CS2(=O)=O)cc1. The van der Waals surface area contributed by atoms with E-state index in [0.29, 0.717) is 16.3 Å². The summed E-state index contributed by atoms with van der Waals surface area (Å²) in [7, 11) is -7.63. The molecule has 1 saturated heterocycles. The van der Waals surface area contributed by atoms with E-state index in [1.54, 1.807) is 25.1 Å². The predicted molar refractivity (Wildman–Crippen MR) is 104 cm³/mol. The van der Waals surface area contributed by atoms with Crippen LogP contribution in [0.5, 0.6) is 0 Å². The van der Waals surface area contributed by atoms with Gasteiger partial charge in [0.2, 0.25) is 15.9 Å². The maximum atomic E-state index is 12.6. The lowest BCUT2D eigenvalue weighted by atomic mass is 10.2. The molecular weight excluding hydrogens is 412 g/mol.